The monoisotopic (exact) mass is 465 g/mol. The van der Waals surface area contributed by atoms with Crippen LogP contribution in [0, 0.1) is 0 Å². The maximum absolute atomic E-state index is 13.3. The van der Waals surface area contributed by atoms with E-state index in [9.17, 15) is 18.0 Å². The first-order valence-electron chi connectivity index (χ1n) is 9.98. The van der Waals surface area contributed by atoms with E-state index < -0.39 is 28.5 Å². The molecule has 9 heteroatoms. The zero-order chi connectivity index (χ0) is 23.0. The van der Waals surface area contributed by atoms with Gasteiger partial charge in [0.05, 0.1) is 17.0 Å². The molecule has 2 amide bonds. The summed E-state index contributed by atoms with van der Waals surface area (Å²) >= 11 is 6.19. The number of carbonyl (C=O) groups is 2. The fourth-order valence-electron chi connectivity index (χ4n) is 3.14. The van der Waals surface area contributed by atoms with Gasteiger partial charge in [-0.15, -0.1) is 0 Å². The van der Waals surface area contributed by atoms with Crippen molar-refractivity contribution in [1.82, 2.24) is 10.2 Å². The van der Waals surface area contributed by atoms with E-state index in [2.05, 4.69) is 5.32 Å². The Kier molecular flexibility index (Phi) is 8.88. The van der Waals surface area contributed by atoms with Crippen molar-refractivity contribution in [2.75, 3.05) is 30.2 Å². The quantitative estimate of drug-likeness (QED) is 0.584. The zero-order valence-electron chi connectivity index (χ0n) is 17.9. The average Bonchev–Trinajstić information content (AvgIpc) is 2.73. The molecule has 1 atom stereocenters. The number of carbonyl (C=O) groups excluding carboxylic acids is 2. The number of nitrogens with zero attached hydrogens (tertiary/aromatic N) is 2. The Morgan fingerprint density at radius 1 is 1.06 bits per heavy atom. The number of hydrogen-bond acceptors (Lipinski definition) is 4. The fourth-order valence-corrected chi connectivity index (χ4v) is 4.29. The summed E-state index contributed by atoms with van der Waals surface area (Å²) in [6.45, 7) is 3.67. The lowest BCUT2D eigenvalue weighted by Gasteiger charge is -2.31. The largest absolute Gasteiger partial charge is 0.355 e. The number of hydrogen-bond donors (Lipinski definition) is 1. The van der Waals surface area contributed by atoms with Crippen LogP contribution in [-0.4, -0.2) is 57.1 Å². The van der Waals surface area contributed by atoms with Crippen LogP contribution in [0.1, 0.15) is 19.4 Å². The van der Waals surface area contributed by atoms with E-state index in [1.807, 2.05) is 30.3 Å². The molecule has 0 aliphatic heterocycles. The highest BCUT2D eigenvalue weighted by Gasteiger charge is 2.30. The summed E-state index contributed by atoms with van der Waals surface area (Å²) in [6.07, 6.45) is 1.55. The van der Waals surface area contributed by atoms with Gasteiger partial charge in [0.25, 0.3) is 0 Å². The van der Waals surface area contributed by atoms with Gasteiger partial charge in [0, 0.05) is 13.1 Å². The Labute approximate surface area is 189 Å². The molecule has 0 bridgehead atoms. The number of halogens is 1. The summed E-state index contributed by atoms with van der Waals surface area (Å²) in [5.74, 6) is -0.785. The zero-order valence-corrected chi connectivity index (χ0v) is 19.5. The van der Waals surface area contributed by atoms with E-state index in [-0.39, 0.29) is 23.2 Å². The van der Waals surface area contributed by atoms with E-state index >= 15 is 0 Å². The summed E-state index contributed by atoms with van der Waals surface area (Å²) in [4.78, 5) is 27.1. The molecule has 1 N–H and O–H groups in total. The number of sulfonamides is 1. The minimum atomic E-state index is -3.79. The number of likely N-dealkylation sites (N-methyl/N-ethyl adjacent to an activating group) is 1. The molecule has 0 aliphatic rings. The maximum atomic E-state index is 13.3. The van der Waals surface area contributed by atoms with Gasteiger partial charge in [0.2, 0.25) is 21.8 Å². The minimum absolute atomic E-state index is 0.216. The number of rotatable bonds is 10. The first-order valence-corrected chi connectivity index (χ1v) is 12.2. The number of nitrogens with one attached hydrogen (secondary N) is 1. The van der Waals surface area contributed by atoms with Gasteiger partial charge < -0.3 is 10.2 Å². The van der Waals surface area contributed by atoms with Crippen LogP contribution < -0.4 is 9.62 Å². The van der Waals surface area contributed by atoms with E-state index in [0.717, 1.165) is 16.1 Å². The second-order valence-corrected chi connectivity index (χ2v) is 9.43. The van der Waals surface area contributed by atoms with Gasteiger partial charge in [-0.3, -0.25) is 13.9 Å². The van der Waals surface area contributed by atoms with Crippen molar-refractivity contribution >= 4 is 39.1 Å². The van der Waals surface area contributed by atoms with Crippen LogP contribution in [0.15, 0.2) is 54.6 Å². The molecule has 7 nitrogen and oxygen atoms in total. The van der Waals surface area contributed by atoms with Crippen molar-refractivity contribution in [2.45, 2.75) is 26.3 Å². The predicted octanol–water partition coefficient (Wildman–Crippen LogP) is 2.70. The van der Waals surface area contributed by atoms with Crippen LogP contribution in [0.25, 0.3) is 0 Å². The molecule has 0 spiro atoms. The third kappa shape index (κ3) is 6.97. The Morgan fingerprint density at radius 2 is 1.68 bits per heavy atom. The molecule has 2 rings (SSSR count). The van der Waals surface area contributed by atoms with Gasteiger partial charge in [-0.25, -0.2) is 8.42 Å². The van der Waals surface area contributed by atoms with E-state index in [4.69, 9.17) is 11.6 Å². The number of benzene rings is 2. The number of anilines is 1. The van der Waals surface area contributed by atoms with Gasteiger partial charge >= 0.3 is 0 Å². The molecule has 0 aliphatic carbocycles. The van der Waals surface area contributed by atoms with Gasteiger partial charge in [-0.2, -0.15) is 0 Å². The highest BCUT2D eigenvalue weighted by Crippen LogP contribution is 2.27. The molecule has 31 heavy (non-hydrogen) atoms. The molecule has 0 heterocycles. The normalized spacial score (nSPS) is 12.1. The summed E-state index contributed by atoms with van der Waals surface area (Å²) in [5, 5.41) is 2.93. The highest BCUT2D eigenvalue weighted by molar-refractivity contribution is 7.92. The molecule has 0 saturated carbocycles. The molecule has 1 unspecified atom stereocenters. The Bertz CT molecular complexity index is 999. The smallest absolute Gasteiger partial charge is 0.244 e. The van der Waals surface area contributed by atoms with Gasteiger partial charge in [0.1, 0.15) is 12.6 Å². The van der Waals surface area contributed by atoms with Crippen LogP contribution in [-0.2, 0) is 26.0 Å². The Morgan fingerprint density at radius 3 is 2.26 bits per heavy atom. The molecule has 0 fully saturated rings. The van der Waals surface area contributed by atoms with E-state index in [0.29, 0.717) is 13.0 Å². The van der Waals surface area contributed by atoms with Crippen LogP contribution in [0.4, 0.5) is 5.69 Å². The van der Waals surface area contributed by atoms with Crippen LogP contribution >= 0.6 is 11.6 Å². The Balaban J connectivity index is 2.30. The van der Waals surface area contributed by atoms with Crippen molar-refractivity contribution in [2.24, 2.45) is 0 Å². The van der Waals surface area contributed by atoms with E-state index in [1.54, 1.807) is 32.0 Å². The SMILES string of the molecule is CCNC(=O)C(C)N(CCc1ccccc1)C(=O)CN(c1ccccc1Cl)S(C)(=O)=O. The van der Waals surface area contributed by atoms with Crippen molar-refractivity contribution in [3.63, 3.8) is 0 Å². The lowest BCUT2D eigenvalue weighted by molar-refractivity contribution is -0.138. The number of amides is 2. The van der Waals surface area contributed by atoms with Crippen molar-refractivity contribution in [3.05, 3.63) is 65.2 Å². The molecule has 0 saturated heterocycles. The fraction of sp³-hybridized carbons (Fsp3) is 0.364. The molecule has 168 valence electrons. The van der Waals surface area contributed by atoms with Crippen molar-refractivity contribution in [3.8, 4) is 0 Å². The van der Waals surface area contributed by atoms with Gasteiger partial charge in [0.15, 0.2) is 0 Å². The first kappa shape index (κ1) is 24.7. The van der Waals surface area contributed by atoms with Gasteiger partial charge in [-0.1, -0.05) is 54.1 Å². The lowest BCUT2D eigenvalue weighted by atomic mass is 10.1. The summed E-state index contributed by atoms with van der Waals surface area (Å²) < 4.78 is 25.9. The summed E-state index contributed by atoms with van der Waals surface area (Å²) in [5.41, 5.74) is 1.23. The van der Waals surface area contributed by atoms with Crippen molar-refractivity contribution in [1.29, 1.82) is 0 Å². The van der Waals surface area contributed by atoms with Crippen LogP contribution in [0.2, 0.25) is 5.02 Å². The molecular formula is C22H28ClN3O4S. The summed E-state index contributed by atoms with van der Waals surface area (Å²) in [7, 11) is -3.79. The first-order chi connectivity index (χ1) is 14.6. The molecular weight excluding hydrogens is 438 g/mol. The molecule has 0 aromatic heterocycles. The predicted molar refractivity (Wildman–Crippen MR) is 124 cm³/mol. The second-order valence-electron chi connectivity index (χ2n) is 7.11. The van der Waals surface area contributed by atoms with Crippen LogP contribution in [0.3, 0.4) is 0 Å². The Hall–Kier alpha value is -2.58. The third-order valence-corrected chi connectivity index (χ3v) is 6.25. The highest BCUT2D eigenvalue weighted by atomic mass is 35.5. The third-order valence-electron chi connectivity index (χ3n) is 4.80. The number of para-hydroxylation sites is 1. The molecule has 0 radical (unpaired) electrons. The minimum Gasteiger partial charge on any atom is -0.355 e. The second kappa shape index (κ2) is 11.2. The topological polar surface area (TPSA) is 86.8 Å². The van der Waals surface area contributed by atoms with Crippen LogP contribution in [0.5, 0.6) is 0 Å². The van der Waals surface area contributed by atoms with Crippen molar-refractivity contribution < 1.29 is 18.0 Å². The standard InChI is InChI=1S/C22H28ClN3O4S/c1-4-24-22(28)17(2)25(15-14-18-10-6-5-7-11-18)21(27)16-26(31(3,29)30)20-13-9-8-12-19(20)23/h5-13,17H,4,14-16H2,1-3H3,(H,24,28). The molecule has 2 aromatic carbocycles. The average molecular weight is 466 g/mol. The van der Waals surface area contributed by atoms with Gasteiger partial charge in [-0.05, 0) is 38.0 Å². The maximum Gasteiger partial charge on any atom is 0.244 e. The molecule has 2 aromatic rings. The lowest BCUT2D eigenvalue weighted by Crippen LogP contribution is -2.52. The van der Waals surface area contributed by atoms with E-state index in [1.165, 1.54) is 11.0 Å². The summed E-state index contributed by atoms with van der Waals surface area (Å²) in [6, 6.07) is 15.2.